The van der Waals surface area contributed by atoms with Crippen molar-refractivity contribution in [3.63, 3.8) is 0 Å². The molecule has 0 spiro atoms. The van der Waals surface area contributed by atoms with Crippen molar-refractivity contribution in [1.82, 2.24) is 0 Å². The first-order chi connectivity index (χ1) is 78.5. The number of pyridine rings is 5. The Bertz CT molecular complexity index is 10200. The second kappa shape index (κ2) is 37.1. The molecule has 0 radical (unpaired) electrons. The van der Waals surface area contributed by atoms with Gasteiger partial charge in [-0.05, 0) is 268 Å². The fraction of sp³-hybridized carbons (Fsp3) is 0.274. The quantitative estimate of drug-likeness (QED) is 0.138. The van der Waals surface area contributed by atoms with Crippen molar-refractivity contribution < 1.29 is 87.4 Å². The highest BCUT2D eigenvalue weighted by Gasteiger charge is 2.34. The summed E-state index contributed by atoms with van der Waals surface area (Å²) in [6.07, 6.45) is 0. The van der Waals surface area contributed by atoms with E-state index in [4.69, 9.17) is 63.2 Å². The Morgan fingerprint density at radius 3 is 1.02 bits per heavy atom. The number of benzene rings is 10. The first kappa shape index (κ1) is 64.4. The van der Waals surface area contributed by atoms with Crippen LogP contribution < -0.4 is 22.8 Å². The Morgan fingerprint density at radius 2 is 0.626 bits per heavy atom. The number of furan rings is 5. The fourth-order valence-electron chi connectivity index (χ4n) is 18.9. The van der Waals surface area contributed by atoms with E-state index in [0.717, 1.165) is 79.9 Å². The first-order valence-corrected chi connectivity index (χ1v) is 45.0. The number of nitriles is 5. The molecule has 0 bridgehead atoms. The molecule has 0 saturated heterocycles. The van der Waals surface area contributed by atoms with Gasteiger partial charge in [-0.3, -0.25) is 0 Å². The van der Waals surface area contributed by atoms with E-state index in [2.05, 4.69) is 30.3 Å². The lowest BCUT2D eigenvalue weighted by Crippen LogP contribution is -2.36. The predicted octanol–water partition coefficient (Wildman–Crippen LogP) is 29.1. The third-order valence-corrected chi connectivity index (χ3v) is 27.1. The molecule has 0 saturated carbocycles. The highest BCUT2D eigenvalue weighted by Crippen LogP contribution is 2.47. The summed E-state index contributed by atoms with van der Waals surface area (Å²) in [5, 5.41) is 55.0. The molecule has 10 aromatic heterocycles. The summed E-state index contributed by atoms with van der Waals surface area (Å²) in [6.45, 7) is 11.6. The maximum absolute atomic E-state index is 9.76. The van der Waals surface area contributed by atoms with Gasteiger partial charge in [-0.15, -0.1) is 0 Å². The zero-order valence-electron chi connectivity index (χ0n) is 113. The molecule has 694 valence electrons. The number of nitrogens with zero attached hydrogens (tertiary/aromatic N) is 10. The standard InChI is InChI=1S/2C26H27N2O.3C24H23N2O/c1-14(2)21-12-22(28(7)18(6)17(21)5)23-15(3)9-11-20-24-19(13-27)10-8-16(4)25(24)29-26(20)23;1-14(2)21-12-22(28(7)18(6)17(21)5)24-16(4)8-9-20-25-19(13-27)10-15(3)11-23(25)29-26(20)24;1-13-8-10-21-23(19(13)12-25)18-9-7-14(2)22(24(18)27-21)20-11-15(3)16(4)17(5)26(20)6;1-13-9-18(12-25)23-19-8-7-14(2)22(24(19)27-21(23)10-13)20-11-15(3)16(4)17(5)26(20)6;1-13-11-19(26(6)17(5)16(13)4)21-14(2)10-15(3)22-23-18(12-25)8-7-9-20(23)27-24(21)22/h2*8-12,14H,1-7H3;3*7-11H,1-6H3/q5*+1/i2*1D3,5D3,12D,14D;2*4D3,11D;3D3,4D3,11D. The number of aryl methyl sites for hydroxylation is 10. The molecule has 10 heterocycles. The Hall–Kier alpha value is -15.6. The van der Waals surface area contributed by atoms with E-state index in [-0.39, 0.29) is 109 Å². The van der Waals surface area contributed by atoms with Crippen LogP contribution in [0.2, 0.25) is 0 Å². The van der Waals surface area contributed by atoms with Gasteiger partial charge in [-0.2, -0.15) is 49.1 Å². The molecular weight excluding hydrogens is 1710 g/mol. The summed E-state index contributed by atoms with van der Waals surface area (Å²) in [7, 11) is 8.48. The van der Waals surface area contributed by atoms with Crippen molar-refractivity contribution in [2.45, 2.75) is 198 Å². The normalized spacial score (nSPS) is 16.2. The molecule has 0 fully saturated rings. The van der Waals surface area contributed by atoms with Crippen molar-refractivity contribution in [2.75, 3.05) is 0 Å². The van der Waals surface area contributed by atoms with Crippen molar-refractivity contribution in [3.8, 4) is 86.6 Å². The summed E-state index contributed by atoms with van der Waals surface area (Å²) < 4.78 is 295. The van der Waals surface area contributed by atoms with Crippen LogP contribution in [-0.4, -0.2) is 0 Å². The van der Waals surface area contributed by atoms with E-state index in [1.54, 1.807) is 163 Å². The van der Waals surface area contributed by atoms with Crippen LogP contribution in [0, 0.1) is 215 Å². The van der Waals surface area contributed by atoms with Crippen LogP contribution in [0.4, 0.5) is 0 Å². The number of aromatic nitrogens is 5. The van der Waals surface area contributed by atoms with Crippen LogP contribution in [0.25, 0.3) is 166 Å². The van der Waals surface area contributed by atoms with Crippen molar-refractivity contribution in [1.29, 1.82) is 26.3 Å². The van der Waals surface area contributed by atoms with Crippen molar-refractivity contribution >= 4 is 110 Å². The third kappa shape index (κ3) is 16.3. The van der Waals surface area contributed by atoms with Gasteiger partial charge in [0.15, 0.2) is 28.5 Å². The van der Waals surface area contributed by atoms with Crippen molar-refractivity contribution in [2.24, 2.45) is 35.2 Å². The molecule has 10 aromatic carbocycles. The second-order valence-electron chi connectivity index (χ2n) is 36.1. The molecule has 2 atom stereocenters. The second-order valence-corrected chi connectivity index (χ2v) is 36.1. The van der Waals surface area contributed by atoms with Gasteiger partial charge < -0.3 is 22.1 Å². The lowest BCUT2D eigenvalue weighted by atomic mass is 9.92. The minimum absolute atomic E-state index is 0.0196. The smallest absolute Gasteiger partial charge is 0.216 e. The number of hydrogen-bond acceptors (Lipinski definition) is 10. The molecule has 0 aliphatic carbocycles. The number of rotatable bonds is 7. The minimum atomic E-state index is -2.90. The molecule has 2 unspecified atom stereocenters. The highest BCUT2D eigenvalue weighted by atomic mass is 16.3. The van der Waals surface area contributed by atoms with E-state index in [1.807, 2.05) is 134 Å². The average Bonchev–Trinajstić information content (AvgIpc) is 1.59. The van der Waals surface area contributed by atoms with Crippen molar-refractivity contribution in [3.05, 3.63) is 319 Å². The molecule has 15 heteroatoms. The summed E-state index contributed by atoms with van der Waals surface area (Å²) in [5.74, 6) is -4.75. The van der Waals surface area contributed by atoms with Gasteiger partial charge >= 0.3 is 0 Å². The molecule has 20 rings (SSSR count). The monoisotopic (exact) mass is 1860 g/mol. The summed E-state index contributed by atoms with van der Waals surface area (Å²) in [5.41, 5.74) is 22.0. The summed E-state index contributed by atoms with van der Waals surface area (Å²) in [6, 6.07) is 46.9. The Kier molecular flexibility index (Phi) is 17.2. The van der Waals surface area contributed by atoms with E-state index in [9.17, 15) is 27.7 Å². The van der Waals surface area contributed by atoms with Crippen LogP contribution in [-0.2, 0) is 35.2 Å². The molecule has 0 aliphatic heterocycles. The van der Waals surface area contributed by atoms with Gasteiger partial charge in [-0.25, -0.2) is 0 Å². The Labute approximate surface area is 859 Å². The zero-order chi connectivity index (χ0) is 127. The van der Waals surface area contributed by atoms with E-state index in [0.29, 0.717) is 189 Å². The van der Waals surface area contributed by atoms with Gasteiger partial charge in [0, 0.05) is 182 Å². The van der Waals surface area contributed by atoms with E-state index >= 15 is 0 Å². The topological polar surface area (TPSA) is 204 Å². The van der Waals surface area contributed by atoms with Gasteiger partial charge in [0.25, 0.3) is 0 Å². The molecule has 20 aromatic rings. The maximum atomic E-state index is 9.76. The van der Waals surface area contributed by atoms with Crippen LogP contribution in [0.15, 0.2) is 174 Å². The predicted molar refractivity (Wildman–Crippen MR) is 562 cm³/mol. The van der Waals surface area contributed by atoms with E-state index < -0.39 is 66.6 Å². The molecular formula is C124H123N10O5+5. The maximum Gasteiger partial charge on any atom is 0.216 e. The van der Waals surface area contributed by atoms with Gasteiger partial charge in [0.1, 0.15) is 97.1 Å². The summed E-state index contributed by atoms with van der Waals surface area (Å²) >= 11 is 0. The Balaban J connectivity index is 0.000000148. The van der Waals surface area contributed by atoms with Gasteiger partial charge in [0.2, 0.25) is 28.5 Å². The van der Waals surface area contributed by atoms with Crippen LogP contribution in [0.1, 0.15) is 249 Å². The van der Waals surface area contributed by atoms with Crippen LogP contribution >= 0.6 is 0 Å². The molecule has 15 nitrogen and oxygen atoms in total. The van der Waals surface area contributed by atoms with E-state index in [1.165, 1.54) is 0 Å². The lowest BCUT2D eigenvalue weighted by Gasteiger charge is -2.14. The fourth-order valence-corrected chi connectivity index (χ4v) is 18.9. The number of hydrogen-bond donors (Lipinski definition) is 0. The molecule has 0 amide bonds. The van der Waals surface area contributed by atoms with Gasteiger partial charge in [-0.1, -0.05) is 100 Å². The molecule has 0 aliphatic rings. The van der Waals surface area contributed by atoms with Gasteiger partial charge in [0.05, 0.1) is 86.8 Å². The van der Waals surface area contributed by atoms with Crippen LogP contribution in [0.3, 0.4) is 0 Å². The zero-order valence-corrected chi connectivity index (χ0v) is 82.1. The Morgan fingerprint density at radius 1 is 0.281 bits per heavy atom. The molecule has 0 N–H and O–H groups in total. The summed E-state index contributed by atoms with van der Waals surface area (Å²) in [4.78, 5) is 0. The SMILES string of the molecule is [2H]c1c(C([2H])(C)C([2H])([2H])[2H])c(C([2H])([2H])[2H])c(C)[n+](C)c1-c1c(C)ccc2c1oc1c(C)ccc(C#N)c12.[2H]c1c(C([2H])(C)C([2H])([2H])[2H])c(C([2H])([2H])[2H])c(C)[n+](C)c1-c1c(C)ccc2c1oc1cc(C)cc(C#N)c12.[2H]c1c(C)c(C([2H])([2H])[2H])c(C)[n+](C)c1-c1c(C)cc(C([2H])([2H])[2H])c2c1oc1cccc(C#N)c12.[2H]c1c(C)c(C([2H])([2H])[2H])c(C)[n+](C)c1-c1c(C)ccc2c1oc1cc(C)cc(C#N)c12.[2H]c1c(C)c(C([2H])([2H])[2H])c(C)[n+](C)c1-c1c(C)ccc2c1oc1ccc(C)c(C#N)c12. The first-order valence-electron chi connectivity index (χ1n) is 60.5. The molecule has 139 heavy (non-hydrogen) atoms. The highest BCUT2D eigenvalue weighted by molar-refractivity contribution is 6.17. The van der Waals surface area contributed by atoms with Crippen LogP contribution in [0.5, 0.6) is 0 Å². The minimum Gasteiger partial charge on any atom is -0.455 e. The number of fused-ring (bicyclic) bond motifs is 15. The largest absolute Gasteiger partial charge is 0.455 e. The lowest BCUT2D eigenvalue weighted by molar-refractivity contribution is -0.667. The third-order valence-electron chi connectivity index (χ3n) is 27.1. The average molecular weight is 1860 g/mol.